The molecule has 62 valence electrons. The van der Waals surface area contributed by atoms with Gasteiger partial charge in [-0.25, -0.2) is 4.67 Å². The molecule has 0 radical (unpaired) electrons. The Hall–Kier alpha value is 0.410. The van der Waals surface area contributed by atoms with Crippen molar-refractivity contribution in [2.24, 2.45) is 4.52 Å². The fraction of sp³-hybridized carbons (Fsp3) is 1.00. The van der Waals surface area contributed by atoms with Gasteiger partial charge in [-0.15, -0.1) is 0 Å². The molecule has 0 aliphatic heterocycles. The lowest BCUT2D eigenvalue weighted by Gasteiger charge is -2.12. The van der Waals surface area contributed by atoms with Gasteiger partial charge in [-0.1, -0.05) is 6.92 Å². The molecule has 0 rings (SSSR count). The highest BCUT2D eigenvalue weighted by molar-refractivity contribution is 7.55. The van der Waals surface area contributed by atoms with Crippen molar-refractivity contribution in [2.45, 2.75) is 6.92 Å². The van der Waals surface area contributed by atoms with Crippen molar-refractivity contribution >= 4 is 16.9 Å². The van der Waals surface area contributed by atoms with Gasteiger partial charge in [0, 0.05) is 6.54 Å². The first-order chi connectivity index (χ1) is 4.57. The molecular weight excluding hydrogens is 183 g/mol. The molecular formula is C3H9F3N2P2. The van der Waals surface area contributed by atoms with Crippen molar-refractivity contribution in [1.82, 2.24) is 4.67 Å². The molecule has 0 aliphatic rings. The highest BCUT2D eigenvalue weighted by Gasteiger charge is 2.10. The summed E-state index contributed by atoms with van der Waals surface area (Å²) in [6.45, 7) is 2.09. The summed E-state index contributed by atoms with van der Waals surface area (Å²) in [5.74, 6) is 0. The maximum absolute atomic E-state index is 12.4. The summed E-state index contributed by atoms with van der Waals surface area (Å²) < 4.78 is 39.2. The predicted molar refractivity (Wildman–Crippen MR) is 39.3 cm³/mol. The second-order valence-electron chi connectivity index (χ2n) is 1.55. The van der Waals surface area contributed by atoms with E-state index in [1.165, 1.54) is 11.7 Å². The van der Waals surface area contributed by atoms with Crippen molar-refractivity contribution in [2.75, 3.05) is 13.6 Å². The molecule has 0 spiro atoms. The molecule has 0 N–H and O–H groups in total. The molecule has 2 nitrogen and oxygen atoms in total. The molecule has 0 aromatic carbocycles. The molecule has 1 unspecified atom stereocenters. The quantitative estimate of drug-likeness (QED) is 0.626. The number of hydrogen-bond donors (Lipinski definition) is 0. The van der Waals surface area contributed by atoms with E-state index in [0.717, 1.165) is 0 Å². The molecule has 0 bridgehead atoms. The number of rotatable bonds is 3. The average molecular weight is 192 g/mol. The third kappa shape index (κ3) is 4.26. The van der Waals surface area contributed by atoms with E-state index in [4.69, 9.17) is 0 Å². The maximum Gasteiger partial charge on any atom is 0.289 e. The van der Waals surface area contributed by atoms with Crippen LogP contribution in [0.2, 0.25) is 0 Å². The van der Waals surface area contributed by atoms with Crippen LogP contribution in [0.1, 0.15) is 6.92 Å². The molecule has 0 aromatic heterocycles. The third-order valence-electron chi connectivity index (χ3n) is 0.897. The van der Waals surface area contributed by atoms with Crippen LogP contribution in [0.3, 0.4) is 0 Å². The molecule has 0 saturated carbocycles. The van der Waals surface area contributed by atoms with Crippen LogP contribution in [-0.2, 0) is 0 Å². The van der Waals surface area contributed by atoms with Crippen LogP contribution in [0.4, 0.5) is 12.6 Å². The lowest BCUT2D eigenvalue weighted by molar-refractivity contribution is 0.547. The van der Waals surface area contributed by atoms with Crippen molar-refractivity contribution < 1.29 is 12.6 Å². The monoisotopic (exact) mass is 192 g/mol. The van der Waals surface area contributed by atoms with Gasteiger partial charge in [0.1, 0.15) is 0 Å². The van der Waals surface area contributed by atoms with Crippen molar-refractivity contribution in [3.05, 3.63) is 0 Å². The summed E-state index contributed by atoms with van der Waals surface area (Å²) in [7, 11) is -4.75. The van der Waals surface area contributed by atoms with Gasteiger partial charge in [-0.2, -0.15) is 17.1 Å². The lowest BCUT2D eigenvalue weighted by atomic mass is 10.8. The second kappa shape index (κ2) is 5.11. The number of nitrogens with zero attached hydrogens (tertiary/aromatic N) is 2. The molecule has 0 aromatic rings. The van der Waals surface area contributed by atoms with Gasteiger partial charge in [0.25, 0.3) is 16.9 Å². The van der Waals surface area contributed by atoms with Gasteiger partial charge in [-0.3, -0.25) is 0 Å². The molecule has 0 saturated heterocycles. The van der Waals surface area contributed by atoms with Gasteiger partial charge in [0.05, 0.1) is 0 Å². The Balaban J connectivity index is 3.83. The number of hydrogen-bond acceptors (Lipinski definition) is 2. The van der Waals surface area contributed by atoms with Crippen molar-refractivity contribution in [3.63, 3.8) is 0 Å². The zero-order chi connectivity index (χ0) is 8.15. The van der Waals surface area contributed by atoms with Gasteiger partial charge in [0.2, 0.25) is 0 Å². The Morgan fingerprint density at radius 2 is 2.10 bits per heavy atom. The Kier molecular flexibility index (Phi) is 5.32. The predicted octanol–water partition coefficient (Wildman–Crippen LogP) is 3.30. The van der Waals surface area contributed by atoms with Crippen LogP contribution in [0.25, 0.3) is 0 Å². The molecule has 0 amide bonds. The summed E-state index contributed by atoms with van der Waals surface area (Å²) in [5, 5.41) is 0. The molecule has 1 atom stereocenters. The minimum atomic E-state index is -3.75. The normalized spacial score (nSPS) is 14.3. The van der Waals surface area contributed by atoms with E-state index in [2.05, 4.69) is 4.52 Å². The van der Waals surface area contributed by atoms with E-state index in [9.17, 15) is 12.6 Å². The van der Waals surface area contributed by atoms with Crippen LogP contribution in [0.5, 0.6) is 0 Å². The molecule has 10 heavy (non-hydrogen) atoms. The Bertz CT molecular complexity index is 127. The summed E-state index contributed by atoms with van der Waals surface area (Å²) in [5.41, 5.74) is 0. The van der Waals surface area contributed by atoms with E-state index < -0.39 is 16.9 Å². The van der Waals surface area contributed by atoms with Crippen LogP contribution in [0.15, 0.2) is 4.52 Å². The Morgan fingerprint density at radius 1 is 1.60 bits per heavy atom. The SMILES string of the molecule is CCN(C)P(F)N=[PH](F)F. The summed E-state index contributed by atoms with van der Waals surface area (Å²) in [6, 6.07) is 0. The van der Waals surface area contributed by atoms with Gasteiger partial charge < -0.3 is 0 Å². The highest BCUT2D eigenvalue weighted by Crippen LogP contribution is 2.49. The fourth-order valence-electron chi connectivity index (χ4n) is 0.255. The summed E-state index contributed by atoms with van der Waals surface area (Å²) in [4.78, 5) is 0. The van der Waals surface area contributed by atoms with E-state index in [0.29, 0.717) is 6.54 Å². The van der Waals surface area contributed by atoms with E-state index in [-0.39, 0.29) is 0 Å². The first-order valence-corrected chi connectivity index (χ1v) is 4.98. The van der Waals surface area contributed by atoms with Gasteiger partial charge >= 0.3 is 0 Å². The van der Waals surface area contributed by atoms with Crippen molar-refractivity contribution in [3.8, 4) is 0 Å². The number of halogens is 3. The topological polar surface area (TPSA) is 15.6 Å². The average Bonchev–Trinajstić information content (AvgIpc) is 1.85. The minimum Gasteiger partial charge on any atom is -0.240 e. The summed E-state index contributed by atoms with van der Waals surface area (Å²) in [6.07, 6.45) is 0. The van der Waals surface area contributed by atoms with Gasteiger partial charge in [0.15, 0.2) is 0 Å². The van der Waals surface area contributed by atoms with Crippen LogP contribution < -0.4 is 0 Å². The van der Waals surface area contributed by atoms with Crippen LogP contribution in [-0.4, -0.2) is 18.3 Å². The first-order valence-electron chi connectivity index (χ1n) is 2.64. The minimum absolute atomic E-state index is 0.404. The third-order valence-corrected chi connectivity index (χ3v) is 3.01. The first kappa shape index (κ1) is 10.4. The highest BCUT2D eigenvalue weighted by atomic mass is 31.2. The van der Waals surface area contributed by atoms with Crippen molar-refractivity contribution in [1.29, 1.82) is 0 Å². The smallest absolute Gasteiger partial charge is 0.240 e. The zero-order valence-electron chi connectivity index (χ0n) is 5.68. The zero-order valence-corrected chi connectivity index (χ0v) is 7.58. The van der Waals surface area contributed by atoms with Gasteiger partial charge in [-0.05, 0) is 7.05 Å². The largest absolute Gasteiger partial charge is 0.289 e. The summed E-state index contributed by atoms with van der Waals surface area (Å²) >= 11 is 0. The van der Waals surface area contributed by atoms with Crippen LogP contribution >= 0.6 is 16.9 Å². The lowest BCUT2D eigenvalue weighted by Crippen LogP contribution is -2.06. The molecule has 0 heterocycles. The Labute approximate surface area is 60.1 Å². The maximum atomic E-state index is 12.4. The molecule has 7 heteroatoms. The van der Waals surface area contributed by atoms with E-state index in [1.807, 2.05) is 0 Å². The van der Waals surface area contributed by atoms with E-state index in [1.54, 1.807) is 6.92 Å². The molecule has 0 fully saturated rings. The second-order valence-corrected chi connectivity index (χ2v) is 4.00. The Morgan fingerprint density at radius 3 is 2.40 bits per heavy atom. The fourth-order valence-corrected chi connectivity index (χ4v) is 1.60. The molecule has 0 aliphatic carbocycles. The van der Waals surface area contributed by atoms with Crippen LogP contribution in [0, 0.1) is 0 Å². The standard InChI is InChI=1S/C3H9F3N2P2/c1-3-8(2)10(6)7-9(4)5/h9H,3H2,1-2H3. The van der Waals surface area contributed by atoms with E-state index >= 15 is 0 Å².